The molecule has 5 nitrogen and oxygen atoms in total. The van der Waals surface area contributed by atoms with Crippen LogP contribution in [0.3, 0.4) is 0 Å². The SMILES string of the molecule is CN(C)C(=O)CNC(=NCc1ccccc1)NCC1(Cc2ccccc2)CC1.I. The molecule has 0 radical (unpaired) electrons. The van der Waals surface area contributed by atoms with Crippen molar-refractivity contribution in [1.29, 1.82) is 0 Å². The number of carbonyl (C=O) groups is 1. The van der Waals surface area contributed by atoms with E-state index in [0.29, 0.717) is 17.9 Å². The number of likely N-dealkylation sites (N-methyl/N-ethyl adjacent to an activating group) is 1. The van der Waals surface area contributed by atoms with Gasteiger partial charge in [0.05, 0.1) is 13.1 Å². The van der Waals surface area contributed by atoms with E-state index in [2.05, 4.69) is 58.1 Å². The Morgan fingerprint density at radius 1 is 0.966 bits per heavy atom. The smallest absolute Gasteiger partial charge is 0.241 e. The molecule has 0 aliphatic heterocycles. The largest absolute Gasteiger partial charge is 0.356 e. The van der Waals surface area contributed by atoms with Crippen LogP contribution in [0, 0.1) is 5.41 Å². The highest BCUT2D eigenvalue weighted by Gasteiger charge is 2.42. The number of amides is 1. The summed E-state index contributed by atoms with van der Waals surface area (Å²) in [5.41, 5.74) is 2.82. The summed E-state index contributed by atoms with van der Waals surface area (Å²) in [6.45, 7) is 1.68. The minimum Gasteiger partial charge on any atom is -0.356 e. The number of hydrogen-bond donors (Lipinski definition) is 2. The van der Waals surface area contributed by atoms with Gasteiger partial charge in [-0.05, 0) is 35.8 Å². The maximum atomic E-state index is 12.0. The number of benzene rings is 2. The zero-order chi connectivity index (χ0) is 19.8. The Bertz CT molecular complexity index is 789. The Balaban J connectivity index is 0.00000300. The molecule has 0 aromatic heterocycles. The monoisotopic (exact) mass is 506 g/mol. The Morgan fingerprint density at radius 3 is 2.10 bits per heavy atom. The summed E-state index contributed by atoms with van der Waals surface area (Å²) >= 11 is 0. The van der Waals surface area contributed by atoms with Gasteiger partial charge in [0.15, 0.2) is 5.96 Å². The molecule has 6 heteroatoms. The van der Waals surface area contributed by atoms with E-state index in [-0.39, 0.29) is 36.4 Å². The van der Waals surface area contributed by atoms with E-state index in [1.807, 2.05) is 18.2 Å². The van der Waals surface area contributed by atoms with E-state index >= 15 is 0 Å². The number of carbonyl (C=O) groups excluding carboxylic acids is 1. The molecular formula is C23H31IN4O. The molecule has 156 valence electrons. The molecule has 1 aliphatic rings. The number of aliphatic imine (C=N–C) groups is 1. The number of hydrogen-bond acceptors (Lipinski definition) is 2. The standard InChI is InChI=1S/C23H30N4O.HI/c1-27(2)21(28)17-25-22(24-16-20-11-7-4-8-12-20)26-18-23(13-14-23)15-19-9-5-3-6-10-19;/h3-12H,13-18H2,1-2H3,(H2,24,25,26);1H. The van der Waals surface area contributed by atoms with E-state index < -0.39 is 0 Å². The first-order valence-electron chi connectivity index (χ1n) is 9.87. The van der Waals surface area contributed by atoms with Gasteiger partial charge in [0, 0.05) is 20.6 Å². The molecule has 0 saturated heterocycles. The van der Waals surface area contributed by atoms with Crippen LogP contribution in [0.1, 0.15) is 24.0 Å². The Labute approximate surface area is 191 Å². The fourth-order valence-corrected chi connectivity index (χ4v) is 3.14. The summed E-state index contributed by atoms with van der Waals surface area (Å²) in [4.78, 5) is 18.2. The zero-order valence-electron chi connectivity index (χ0n) is 17.2. The molecule has 0 heterocycles. The van der Waals surface area contributed by atoms with Gasteiger partial charge in [0.25, 0.3) is 0 Å². The lowest BCUT2D eigenvalue weighted by Gasteiger charge is -2.19. The lowest BCUT2D eigenvalue weighted by Crippen LogP contribution is -2.44. The Kier molecular flexibility index (Phi) is 8.95. The van der Waals surface area contributed by atoms with Crippen molar-refractivity contribution in [1.82, 2.24) is 15.5 Å². The molecule has 0 unspecified atom stereocenters. The summed E-state index contributed by atoms with van der Waals surface area (Å²) in [5.74, 6) is 0.720. The summed E-state index contributed by atoms with van der Waals surface area (Å²) in [6.07, 6.45) is 3.51. The van der Waals surface area contributed by atoms with E-state index in [1.54, 1.807) is 19.0 Å². The second kappa shape index (κ2) is 11.2. The third-order valence-electron chi connectivity index (χ3n) is 5.18. The summed E-state index contributed by atoms with van der Waals surface area (Å²) in [7, 11) is 3.52. The van der Waals surface area contributed by atoms with Crippen molar-refractivity contribution in [3.8, 4) is 0 Å². The molecular weight excluding hydrogens is 475 g/mol. The third-order valence-corrected chi connectivity index (χ3v) is 5.18. The molecule has 0 atom stereocenters. The first-order valence-corrected chi connectivity index (χ1v) is 9.87. The second-order valence-corrected chi connectivity index (χ2v) is 7.81. The number of rotatable bonds is 8. The van der Waals surface area contributed by atoms with E-state index in [1.165, 1.54) is 18.4 Å². The lowest BCUT2D eigenvalue weighted by atomic mass is 9.96. The van der Waals surface area contributed by atoms with Crippen molar-refractivity contribution in [2.45, 2.75) is 25.8 Å². The summed E-state index contributed by atoms with van der Waals surface area (Å²) in [6, 6.07) is 20.8. The highest BCUT2D eigenvalue weighted by molar-refractivity contribution is 14.0. The highest BCUT2D eigenvalue weighted by atomic mass is 127. The van der Waals surface area contributed by atoms with Crippen LogP contribution in [0.25, 0.3) is 0 Å². The molecule has 2 aromatic carbocycles. The Morgan fingerprint density at radius 2 is 1.55 bits per heavy atom. The van der Waals surface area contributed by atoms with Gasteiger partial charge in [0.2, 0.25) is 5.91 Å². The lowest BCUT2D eigenvalue weighted by molar-refractivity contribution is -0.127. The second-order valence-electron chi connectivity index (χ2n) is 7.81. The van der Waals surface area contributed by atoms with Gasteiger partial charge >= 0.3 is 0 Å². The predicted molar refractivity (Wildman–Crippen MR) is 130 cm³/mol. The number of guanidine groups is 1. The van der Waals surface area contributed by atoms with Gasteiger partial charge in [-0.3, -0.25) is 4.79 Å². The van der Waals surface area contributed by atoms with Crippen molar-refractivity contribution >= 4 is 35.8 Å². The van der Waals surface area contributed by atoms with Crippen LogP contribution in [-0.4, -0.2) is 44.0 Å². The molecule has 1 fully saturated rings. The maximum Gasteiger partial charge on any atom is 0.241 e. The van der Waals surface area contributed by atoms with Crippen molar-refractivity contribution < 1.29 is 4.79 Å². The first kappa shape index (κ1) is 23.2. The molecule has 2 N–H and O–H groups in total. The molecule has 1 amide bonds. The van der Waals surface area contributed by atoms with Gasteiger partial charge in [0.1, 0.15) is 0 Å². The Hall–Kier alpha value is -2.09. The normalized spacial score (nSPS) is 14.5. The van der Waals surface area contributed by atoms with Gasteiger partial charge in [-0.2, -0.15) is 0 Å². The first-order chi connectivity index (χ1) is 13.6. The molecule has 1 saturated carbocycles. The zero-order valence-corrected chi connectivity index (χ0v) is 19.6. The fourth-order valence-electron chi connectivity index (χ4n) is 3.14. The summed E-state index contributed by atoms with van der Waals surface area (Å²) in [5, 5.41) is 6.66. The van der Waals surface area contributed by atoms with Crippen LogP contribution in [0.5, 0.6) is 0 Å². The number of halogens is 1. The minimum atomic E-state index is 0. The quantitative estimate of drug-likeness (QED) is 0.328. The van der Waals surface area contributed by atoms with Crippen LogP contribution in [0.15, 0.2) is 65.7 Å². The van der Waals surface area contributed by atoms with E-state index in [9.17, 15) is 4.79 Å². The van der Waals surface area contributed by atoms with Crippen molar-refractivity contribution in [3.63, 3.8) is 0 Å². The number of nitrogens with zero attached hydrogens (tertiary/aromatic N) is 2. The summed E-state index contributed by atoms with van der Waals surface area (Å²) < 4.78 is 0. The molecule has 29 heavy (non-hydrogen) atoms. The molecule has 1 aliphatic carbocycles. The van der Waals surface area contributed by atoms with E-state index in [0.717, 1.165) is 18.5 Å². The molecule has 2 aromatic rings. The predicted octanol–water partition coefficient (Wildman–Crippen LogP) is 3.45. The fraction of sp³-hybridized carbons (Fsp3) is 0.391. The minimum absolute atomic E-state index is 0. The van der Waals surface area contributed by atoms with Crippen LogP contribution in [0.4, 0.5) is 0 Å². The molecule has 3 rings (SSSR count). The maximum absolute atomic E-state index is 12.0. The molecule has 0 bridgehead atoms. The van der Waals surface area contributed by atoms with Crippen molar-refractivity contribution in [3.05, 3.63) is 71.8 Å². The van der Waals surface area contributed by atoms with Crippen LogP contribution in [0.2, 0.25) is 0 Å². The highest BCUT2D eigenvalue weighted by Crippen LogP contribution is 2.47. The molecule has 0 spiro atoms. The topological polar surface area (TPSA) is 56.7 Å². The van der Waals surface area contributed by atoms with Crippen molar-refractivity contribution in [2.24, 2.45) is 10.4 Å². The van der Waals surface area contributed by atoms with Gasteiger partial charge in [-0.1, -0.05) is 60.7 Å². The third kappa shape index (κ3) is 7.68. The van der Waals surface area contributed by atoms with Crippen LogP contribution < -0.4 is 10.6 Å². The van der Waals surface area contributed by atoms with Gasteiger partial charge in [-0.25, -0.2) is 4.99 Å². The number of nitrogens with one attached hydrogen (secondary N) is 2. The average Bonchev–Trinajstić information content (AvgIpc) is 3.48. The van der Waals surface area contributed by atoms with E-state index in [4.69, 9.17) is 0 Å². The average molecular weight is 506 g/mol. The van der Waals surface area contributed by atoms with Crippen LogP contribution >= 0.6 is 24.0 Å². The van der Waals surface area contributed by atoms with Crippen LogP contribution in [-0.2, 0) is 17.8 Å². The van der Waals surface area contributed by atoms with Gasteiger partial charge in [-0.15, -0.1) is 24.0 Å². The van der Waals surface area contributed by atoms with Gasteiger partial charge < -0.3 is 15.5 Å². The van der Waals surface area contributed by atoms with Crippen molar-refractivity contribution in [2.75, 3.05) is 27.2 Å².